The highest BCUT2D eigenvalue weighted by atomic mass is 16.2. The molecular weight excluding hydrogens is 162 g/mol. The summed E-state index contributed by atoms with van der Waals surface area (Å²) >= 11 is 0. The zero-order valence-corrected chi connectivity index (χ0v) is 6.32. The molecule has 0 aliphatic heterocycles. The predicted molar refractivity (Wildman–Crippen MR) is 40.0 cm³/mol. The maximum atomic E-state index is 10.5. The Balaban J connectivity index is 4.14. The molecule has 67 valence electrons. The number of rotatable bonds is 5. The SMILES string of the molecule is NC(=O)[CH]C(CC(N)=O)C(N)=O. The van der Waals surface area contributed by atoms with Crippen LogP contribution in [0, 0.1) is 12.3 Å². The maximum Gasteiger partial charge on any atom is 0.222 e. The Morgan fingerprint density at radius 1 is 1.17 bits per heavy atom. The van der Waals surface area contributed by atoms with E-state index in [1.807, 2.05) is 0 Å². The number of amides is 3. The molecule has 0 aliphatic rings. The van der Waals surface area contributed by atoms with Crippen molar-refractivity contribution < 1.29 is 14.4 Å². The summed E-state index contributed by atoms with van der Waals surface area (Å²) in [5.41, 5.74) is 14.4. The molecule has 0 rings (SSSR count). The van der Waals surface area contributed by atoms with Crippen LogP contribution in [0.3, 0.4) is 0 Å². The zero-order chi connectivity index (χ0) is 9.72. The van der Waals surface area contributed by atoms with Gasteiger partial charge in [-0.15, -0.1) is 0 Å². The van der Waals surface area contributed by atoms with Crippen LogP contribution in [-0.4, -0.2) is 17.7 Å². The summed E-state index contributed by atoms with van der Waals surface area (Å²) < 4.78 is 0. The summed E-state index contributed by atoms with van der Waals surface area (Å²) in [5, 5.41) is 0. The second-order valence-electron chi connectivity index (χ2n) is 2.25. The first-order valence-electron chi connectivity index (χ1n) is 3.15. The number of nitrogens with two attached hydrogens (primary N) is 3. The molecule has 0 saturated heterocycles. The van der Waals surface area contributed by atoms with Crippen LogP contribution in [0.2, 0.25) is 0 Å². The van der Waals surface area contributed by atoms with Crippen LogP contribution in [0.5, 0.6) is 0 Å². The lowest BCUT2D eigenvalue weighted by atomic mass is 10.0. The van der Waals surface area contributed by atoms with Gasteiger partial charge in [0.2, 0.25) is 17.7 Å². The van der Waals surface area contributed by atoms with E-state index in [0.29, 0.717) is 0 Å². The average molecular weight is 172 g/mol. The fourth-order valence-corrected chi connectivity index (χ4v) is 0.657. The summed E-state index contributed by atoms with van der Waals surface area (Å²) in [5.74, 6) is -3.32. The third kappa shape index (κ3) is 4.26. The van der Waals surface area contributed by atoms with Gasteiger partial charge in [-0.05, 0) is 0 Å². The number of hydrogen-bond acceptors (Lipinski definition) is 3. The van der Waals surface area contributed by atoms with E-state index < -0.39 is 23.6 Å². The molecule has 0 aromatic carbocycles. The Hall–Kier alpha value is -1.59. The first-order chi connectivity index (χ1) is 5.43. The molecule has 0 aromatic rings. The van der Waals surface area contributed by atoms with Crippen molar-refractivity contribution in [1.29, 1.82) is 0 Å². The lowest BCUT2D eigenvalue weighted by Gasteiger charge is -2.06. The molecule has 0 bridgehead atoms. The van der Waals surface area contributed by atoms with Gasteiger partial charge in [-0.3, -0.25) is 14.4 Å². The predicted octanol–water partition coefficient (Wildman–Crippen LogP) is -2.35. The summed E-state index contributed by atoms with van der Waals surface area (Å²) in [7, 11) is 0. The van der Waals surface area contributed by atoms with Crippen LogP contribution in [0.1, 0.15) is 6.42 Å². The van der Waals surface area contributed by atoms with Gasteiger partial charge in [0.1, 0.15) is 0 Å². The monoisotopic (exact) mass is 172 g/mol. The molecule has 12 heavy (non-hydrogen) atoms. The number of carbonyl (C=O) groups is 3. The fraction of sp³-hybridized carbons (Fsp3) is 0.333. The lowest BCUT2D eigenvalue weighted by molar-refractivity contribution is -0.127. The molecular formula is C6H10N3O3. The van der Waals surface area contributed by atoms with E-state index in [0.717, 1.165) is 6.42 Å². The van der Waals surface area contributed by atoms with Gasteiger partial charge in [-0.1, -0.05) is 0 Å². The van der Waals surface area contributed by atoms with Gasteiger partial charge < -0.3 is 17.2 Å². The Labute approximate surface area is 69.1 Å². The minimum absolute atomic E-state index is 0.293. The topological polar surface area (TPSA) is 129 Å². The number of primary amides is 3. The lowest BCUT2D eigenvalue weighted by Crippen LogP contribution is -2.32. The number of carbonyl (C=O) groups excluding carboxylic acids is 3. The molecule has 0 aromatic heterocycles. The van der Waals surface area contributed by atoms with Crippen molar-refractivity contribution in [1.82, 2.24) is 0 Å². The van der Waals surface area contributed by atoms with Crippen LogP contribution >= 0.6 is 0 Å². The smallest absolute Gasteiger partial charge is 0.222 e. The van der Waals surface area contributed by atoms with Gasteiger partial charge in [0.25, 0.3) is 0 Å². The van der Waals surface area contributed by atoms with Crippen LogP contribution in [0.25, 0.3) is 0 Å². The second-order valence-corrected chi connectivity index (χ2v) is 2.25. The van der Waals surface area contributed by atoms with E-state index in [1.54, 1.807) is 0 Å². The van der Waals surface area contributed by atoms with E-state index >= 15 is 0 Å². The quantitative estimate of drug-likeness (QED) is 0.429. The first-order valence-corrected chi connectivity index (χ1v) is 3.15. The summed E-state index contributed by atoms with van der Waals surface area (Å²) in [6, 6.07) is 0. The largest absolute Gasteiger partial charge is 0.370 e. The summed E-state index contributed by atoms with van der Waals surface area (Å²) in [4.78, 5) is 31.2. The molecule has 1 unspecified atom stereocenters. The molecule has 0 fully saturated rings. The first kappa shape index (κ1) is 10.4. The van der Waals surface area contributed by atoms with Crippen LogP contribution in [0.15, 0.2) is 0 Å². The van der Waals surface area contributed by atoms with Gasteiger partial charge in [-0.2, -0.15) is 0 Å². The summed E-state index contributed by atoms with van der Waals surface area (Å²) in [6.45, 7) is 0. The van der Waals surface area contributed by atoms with Crippen molar-refractivity contribution in [3.05, 3.63) is 6.42 Å². The van der Waals surface area contributed by atoms with E-state index in [-0.39, 0.29) is 6.42 Å². The van der Waals surface area contributed by atoms with Gasteiger partial charge in [0.15, 0.2) is 0 Å². The molecule has 6 nitrogen and oxygen atoms in total. The highest BCUT2D eigenvalue weighted by Gasteiger charge is 2.20. The maximum absolute atomic E-state index is 10.5. The minimum Gasteiger partial charge on any atom is -0.370 e. The molecule has 0 spiro atoms. The van der Waals surface area contributed by atoms with E-state index in [4.69, 9.17) is 17.2 Å². The Morgan fingerprint density at radius 3 is 1.92 bits per heavy atom. The molecule has 1 radical (unpaired) electrons. The summed E-state index contributed by atoms with van der Waals surface area (Å²) in [6.07, 6.45) is 0.575. The Kier molecular flexibility index (Phi) is 3.75. The molecule has 0 aliphatic carbocycles. The Bertz CT molecular complexity index is 198. The van der Waals surface area contributed by atoms with E-state index in [9.17, 15) is 14.4 Å². The second kappa shape index (κ2) is 4.32. The Morgan fingerprint density at radius 2 is 1.67 bits per heavy atom. The highest BCUT2D eigenvalue weighted by molar-refractivity contribution is 5.93. The van der Waals surface area contributed by atoms with Crippen molar-refractivity contribution in [3.8, 4) is 0 Å². The van der Waals surface area contributed by atoms with Crippen LogP contribution in [0.4, 0.5) is 0 Å². The van der Waals surface area contributed by atoms with Crippen molar-refractivity contribution in [2.75, 3.05) is 0 Å². The average Bonchev–Trinajstić information content (AvgIpc) is 1.83. The zero-order valence-electron chi connectivity index (χ0n) is 6.32. The third-order valence-corrected chi connectivity index (χ3v) is 1.15. The number of hydrogen-bond donors (Lipinski definition) is 3. The van der Waals surface area contributed by atoms with Gasteiger partial charge >= 0.3 is 0 Å². The molecule has 6 N–H and O–H groups in total. The molecule has 3 amide bonds. The van der Waals surface area contributed by atoms with Crippen molar-refractivity contribution in [2.24, 2.45) is 23.1 Å². The van der Waals surface area contributed by atoms with Crippen molar-refractivity contribution in [3.63, 3.8) is 0 Å². The molecule has 0 heterocycles. The standard InChI is InChI=1S/C6H10N3O3/c7-4(10)1-3(6(9)12)2-5(8)11/h1,3H,2H2,(H2,7,10)(H2,8,11)(H2,9,12). The highest BCUT2D eigenvalue weighted by Crippen LogP contribution is 2.04. The van der Waals surface area contributed by atoms with Crippen molar-refractivity contribution >= 4 is 17.7 Å². The van der Waals surface area contributed by atoms with Gasteiger partial charge in [0.05, 0.1) is 12.3 Å². The van der Waals surface area contributed by atoms with E-state index in [1.165, 1.54) is 0 Å². The molecule has 0 saturated carbocycles. The fourth-order valence-electron chi connectivity index (χ4n) is 0.657. The molecule has 1 atom stereocenters. The van der Waals surface area contributed by atoms with Crippen LogP contribution < -0.4 is 17.2 Å². The van der Waals surface area contributed by atoms with E-state index in [2.05, 4.69) is 0 Å². The van der Waals surface area contributed by atoms with Crippen molar-refractivity contribution in [2.45, 2.75) is 6.42 Å². The van der Waals surface area contributed by atoms with Crippen LogP contribution in [-0.2, 0) is 14.4 Å². The normalized spacial score (nSPS) is 9.75. The minimum atomic E-state index is -1.00. The third-order valence-electron chi connectivity index (χ3n) is 1.15. The van der Waals surface area contributed by atoms with Gasteiger partial charge in [0, 0.05) is 6.42 Å². The molecule has 6 heteroatoms. The van der Waals surface area contributed by atoms with Gasteiger partial charge in [-0.25, -0.2) is 0 Å².